The van der Waals surface area contributed by atoms with Gasteiger partial charge in [-0.2, -0.15) is 11.3 Å². The summed E-state index contributed by atoms with van der Waals surface area (Å²) in [6, 6.07) is 14.3. The first-order valence-electron chi connectivity index (χ1n) is 11.1. The summed E-state index contributed by atoms with van der Waals surface area (Å²) < 4.78 is 0. The van der Waals surface area contributed by atoms with Gasteiger partial charge in [0, 0.05) is 64.5 Å². The van der Waals surface area contributed by atoms with Gasteiger partial charge in [-0.3, -0.25) is 4.79 Å². The number of para-hydroxylation sites is 1. The van der Waals surface area contributed by atoms with Crippen LogP contribution in [-0.2, 0) is 0 Å². The fourth-order valence-corrected chi connectivity index (χ4v) is 5.91. The van der Waals surface area contributed by atoms with Crippen LogP contribution in [0.15, 0.2) is 64.8 Å². The summed E-state index contributed by atoms with van der Waals surface area (Å²) in [4.78, 5) is 31.7. The fourth-order valence-electron chi connectivity index (χ4n) is 4.43. The number of rotatable bonds is 6. The fraction of sp³-hybridized carbons (Fsp3) is 0.280. The SMILES string of the molecule is O=C(NC1CCN(C(=O)NCC(c2cccs2)c2c[nH]c3ccccc23)CC1)c1ccsc1. The summed E-state index contributed by atoms with van der Waals surface area (Å²) in [7, 11) is 0. The Hall–Kier alpha value is -3.10. The average Bonchev–Trinajstić information content (AvgIpc) is 3.62. The van der Waals surface area contributed by atoms with E-state index in [0.29, 0.717) is 25.2 Å². The van der Waals surface area contributed by atoms with Gasteiger partial charge in [0.15, 0.2) is 0 Å². The van der Waals surface area contributed by atoms with Crippen LogP contribution in [0.1, 0.15) is 39.6 Å². The van der Waals surface area contributed by atoms with E-state index in [1.165, 1.54) is 27.2 Å². The van der Waals surface area contributed by atoms with E-state index in [1.54, 1.807) is 11.3 Å². The van der Waals surface area contributed by atoms with Crippen molar-refractivity contribution in [2.24, 2.45) is 0 Å². The van der Waals surface area contributed by atoms with Crippen molar-refractivity contribution in [1.82, 2.24) is 20.5 Å². The molecule has 1 unspecified atom stereocenters. The molecule has 4 aromatic rings. The lowest BCUT2D eigenvalue weighted by molar-refractivity contribution is 0.0918. The monoisotopic (exact) mass is 478 g/mol. The molecule has 5 rings (SSSR count). The van der Waals surface area contributed by atoms with Gasteiger partial charge >= 0.3 is 6.03 Å². The maximum atomic E-state index is 12.9. The molecule has 1 aromatic carbocycles. The van der Waals surface area contributed by atoms with Crippen LogP contribution in [0.5, 0.6) is 0 Å². The summed E-state index contributed by atoms with van der Waals surface area (Å²) in [6.45, 7) is 1.81. The van der Waals surface area contributed by atoms with Crippen LogP contribution in [-0.4, -0.2) is 47.5 Å². The molecule has 1 fully saturated rings. The van der Waals surface area contributed by atoms with Crippen LogP contribution in [0.2, 0.25) is 0 Å². The Kier molecular flexibility index (Phi) is 6.46. The number of carbonyl (C=O) groups excluding carboxylic acids is 2. The van der Waals surface area contributed by atoms with E-state index < -0.39 is 0 Å². The van der Waals surface area contributed by atoms with Crippen molar-refractivity contribution in [1.29, 1.82) is 0 Å². The van der Waals surface area contributed by atoms with Crippen LogP contribution in [0, 0.1) is 0 Å². The molecule has 170 valence electrons. The molecule has 3 amide bonds. The Balaban J connectivity index is 1.19. The van der Waals surface area contributed by atoms with E-state index in [1.807, 2.05) is 33.9 Å². The molecular weight excluding hydrogens is 452 g/mol. The van der Waals surface area contributed by atoms with Crippen molar-refractivity contribution in [3.8, 4) is 0 Å². The maximum absolute atomic E-state index is 12.9. The normalized spacial score (nSPS) is 15.5. The first-order valence-corrected chi connectivity index (χ1v) is 13.0. The van der Waals surface area contributed by atoms with Gasteiger partial charge in [-0.15, -0.1) is 11.3 Å². The summed E-state index contributed by atoms with van der Waals surface area (Å²) in [6.07, 6.45) is 3.59. The third-order valence-corrected chi connectivity index (χ3v) is 7.91. The molecule has 1 aliphatic rings. The van der Waals surface area contributed by atoms with Gasteiger partial charge in [-0.05, 0) is 47.4 Å². The molecule has 6 nitrogen and oxygen atoms in total. The standard InChI is InChI=1S/C25H26N4O2S2/c30-24(17-9-13-32-16-17)28-18-7-10-29(11-8-18)25(31)27-15-21(23-6-3-12-33-23)20-14-26-22-5-2-1-4-19(20)22/h1-6,9,12-14,16,18,21,26H,7-8,10-11,15H2,(H,27,31)(H,28,30). The Labute approximate surface area is 200 Å². The highest BCUT2D eigenvalue weighted by Crippen LogP contribution is 2.32. The number of hydrogen-bond donors (Lipinski definition) is 3. The zero-order chi connectivity index (χ0) is 22.6. The number of aromatic nitrogens is 1. The number of benzene rings is 1. The highest BCUT2D eigenvalue weighted by atomic mass is 32.1. The third-order valence-electron chi connectivity index (χ3n) is 6.24. The second-order valence-corrected chi connectivity index (χ2v) is 10.0. The molecule has 0 bridgehead atoms. The van der Waals surface area contributed by atoms with Crippen molar-refractivity contribution in [2.75, 3.05) is 19.6 Å². The second-order valence-electron chi connectivity index (χ2n) is 8.29. The molecule has 1 saturated heterocycles. The minimum Gasteiger partial charge on any atom is -0.361 e. The Morgan fingerprint density at radius 1 is 1.09 bits per heavy atom. The average molecular weight is 479 g/mol. The van der Waals surface area contributed by atoms with E-state index >= 15 is 0 Å². The molecule has 3 aromatic heterocycles. The van der Waals surface area contributed by atoms with Crippen LogP contribution >= 0.6 is 22.7 Å². The maximum Gasteiger partial charge on any atom is 0.317 e. The Morgan fingerprint density at radius 2 is 1.94 bits per heavy atom. The minimum atomic E-state index is -0.0426. The zero-order valence-electron chi connectivity index (χ0n) is 18.1. The summed E-state index contributed by atoms with van der Waals surface area (Å²) in [5.74, 6) is 0.0595. The van der Waals surface area contributed by atoms with Gasteiger partial charge in [-0.25, -0.2) is 4.79 Å². The van der Waals surface area contributed by atoms with Gasteiger partial charge in [0.1, 0.15) is 0 Å². The Morgan fingerprint density at radius 3 is 2.70 bits per heavy atom. The van der Waals surface area contributed by atoms with E-state index in [0.717, 1.165) is 18.4 Å². The van der Waals surface area contributed by atoms with Crippen LogP contribution < -0.4 is 10.6 Å². The van der Waals surface area contributed by atoms with E-state index in [4.69, 9.17) is 0 Å². The number of nitrogens with one attached hydrogen (secondary N) is 3. The number of urea groups is 1. The molecule has 0 radical (unpaired) electrons. The molecular formula is C25H26N4O2S2. The van der Waals surface area contributed by atoms with E-state index in [-0.39, 0.29) is 23.9 Å². The predicted molar refractivity (Wildman–Crippen MR) is 134 cm³/mol. The summed E-state index contributed by atoms with van der Waals surface area (Å²) in [5.41, 5.74) is 3.01. The molecule has 0 aliphatic carbocycles. The molecule has 0 spiro atoms. The first kappa shape index (κ1) is 21.7. The summed E-state index contributed by atoms with van der Waals surface area (Å²) in [5, 5.41) is 13.3. The highest BCUT2D eigenvalue weighted by molar-refractivity contribution is 7.10. The minimum absolute atomic E-state index is 0.0309. The van der Waals surface area contributed by atoms with Gasteiger partial charge in [0.2, 0.25) is 0 Å². The molecule has 33 heavy (non-hydrogen) atoms. The number of hydrogen-bond acceptors (Lipinski definition) is 4. The van der Waals surface area contributed by atoms with Crippen LogP contribution in [0.3, 0.4) is 0 Å². The number of H-pyrrole nitrogens is 1. The van der Waals surface area contributed by atoms with Crippen LogP contribution in [0.4, 0.5) is 4.79 Å². The third kappa shape index (κ3) is 4.82. The number of likely N-dealkylation sites (tertiary alicyclic amines) is 1. The lowest BCUT2D eigenvalue weighted by Crippen LogP contribution is -2.50. The van der Waals surface area contributed by atoms with Crippen molar-refractivity contribution in [3.05, 3.63) is 80.8 Å². The Bertz CT molecular complexity index is 1210. The van der Waals surface area contributed by atoms with E-state index in [9.17, 15) is 9.59 Å². The van der Waals surface area contributed by atoms with Crippen molar-refractivity contribution in [3.63, 3.8) is 0 Å². The highest BCUT2D eigenvalue weighted by Gasteiger charge is 2.26. The lowest BCUT2D eigenvalue weighted by atomic mass is 9.96. The largest absolute Gasteiger partial charge is 0.361 e. The van der Waals surface area contributed by atoms with Gasteiger partial charge in [-0.1, -0.05) is 24.3 Å². The lowest BCUT2D eigenvalue weighted by Gasteiger charge is -2.32. The molecule has 3 N–H and O–H groups in total. The van der Waals surface area contributed by atoms with E-state index in [2.05, 4.69) is 51.5 Å². The number of nitrogens with zero attached hydrogens (tertiary/aromatic N) is 1. The molecule has 1 aliphatic heterocycles. The van der Waals surface area contributed by atoms with Crippen molar-refractivity contribution < 1.29 is 9.59 Å². The molecule has 4 heterocycles. The topological polar surface area (TPSA) is 77.2 Å². The predicted octanol–water partition coefficient (Wildman–Crippen LogP) is 5.03. The smallest absolute Gasteiger partial charge is 0.317 e. The number of piperidine rings is 1. The first-order chi connectivity index (χ1) is 16.2. The van der Waals surface area contributed by atoms with Gasteiger partial charge in [0.05, 0.1) is 0 Å². The molecule has 0 saturated carbocycles. The number of fused-ring (bicyclic) bond motifs is 1. The molecule has 1 atom stereocenters. The van der Waals surface area contributed by atoms with Crippen LogP contribution in [0.25, 0.3) is 10.9 Å². The number of aromatic amines is 1. The van der Waals surface area contributed by atoms with Crippen molar-refractivity contribution in [2.45, 2.75) is 24.8 Å². The summed E-state index contributed by atoms with van der Waals surface area (Å²) >= 11 is 3.23. The quantitative estimate of drug-likeness (QED) is 0.364. The molecule has 8 heteroatoms. The number of carbonyl (C=O) groups is 2. The van der Waals surface area contributed by atoms with Crippen molar-refractivity contribution >= 4 is 45.5 Å². The number of thiophene rings is 2. The number of amides is 3. The van der Waals surface area contributed by atoms with Gasteiger partial charge in [0.25, 0.3) is 5.91 Å². The van der Waals surface area contributed by atoms with Gasteiger partial charge < -0.3 is 20.5 Å². The zero-order valence-corrected chi connectivity index (χ0v) is 19.8. The second kappa shape index (κ2) is 9.80.